The molecule has 3 aromatic carbocycles. The average Bonchev–Trinajstić information content (AvgIpc) is 3.30. The third kappa shape index (κ3) is 5.15. The SMILES string of the molecule is Cc1ccccc1-n1c(SCC(=O)c2ccc3c(c2)NC(=O)CO3)nnc1-c1ccc(C(C)(C)C)cc1. The number of rotatable bonds is 6. The van der Waals surface area contributed by atoms with E-state index in [1.54, 1.807) is 18.2 Å². The van der Waals surface area contributed by atoms with Crippen LogP contribution in [-0.4, -0.2) is 38.8 Å². The first-order chi connectivity index (χ1) is 17.7. The summed E-state index contributed by atoms with van der Waals surface area (Å²) in [4.78, 5) is 24.7. The number of amides is 1. The fourth-order valence-electron chi connectivity index (χ4n) is 4.17. The zero-order valence-corrected chi connectivity index (χ0v) is 22.1. The fraction of sp³-hybridized carbons (Fsp3) is 0.241. The number of aryl methyl sites for hydroxylation is 1. The van der Waals surface area contributed by atoms with E-state index in [9.17, 15) is 9.59 Å². The summed E-state index contributed by atoms with van der Waals surface area (Å²) < 4.78 is 7.41. The molecule has 2 heterocycles. The Bertz CT molecular complexity index is 1490. The summed E-state index contributed by atoms with van der Waals surface area (Å²) in [6.45, 7) is 8.59. The van der Waals surface area contributed by atoms with Crippen molar-refractivity contribution in [3.05, 3.63) is 83.4 Å². The van der Waals surface area contributed by atoms with E-state index in [-0.39, 0.29) is 29.5 Å². The highest BCUT2D eigenvalue weighted by Gasteiger charge is 2.21. The number of thioether (sulfide) groups is 1. The van der Waals surface area contributed by atoms with Crippen LogP contribution in [0.1, 0.15) is 42.3 Å². The molecule has 1 N–H and O–H groups in total. The van der Waals surface area contributed by atoms with Crippen LogP contribution >= 0.6 is 11.8 Å². The van der Waals surface area contributed by atoms with Crippen molar-refractivity contribution in [1.82, 2.24) is 14.8 Å². The molecule has 7 nitrogen and oxygen atoms in total. The van der Waals surface area contributed by atoms with Crippen LogP contribution in [-0.2, 0) is 10.2 Å². The minimum absolute atomic E-state index is 0.0219. The monoisotopic (exact) mass is 512 g/mol. The van der Waals surface area contributed by atoms with Crippen molar-refractivity contribution in [2.75, 3.05) is 17.7 Å². The van der Waals surface area contributed by atoms with Gasteiger partial charge in [-0.15, -0.1) is 10.2 Å². The second kappa shape index (κ2) is 9.86. The molecule has 1 amide bonds. The smallest absolute Gasteiger partial charge is 0.262 e. The fourth-order valence-corrected chi connectivity index (χ4v) is 5.01. The number of nitrogens with zero attached hydrogens (tertiary/aromatic N) is 3. The molecule has 37 heavy (non-hydrogen) atoms. The lowest BCUT2D eigenvalue weighted by Gasteiger charge is -2.19. The third-order valence-electron chi connectivity index (χ3n) is 6.27. The van der Waals surface area contributed by atoms with Gasteiger partial charge in [0.1, 0.15) is 5.75 Å². The molecule has 5 rings (SSSR count). The number of ketones is 1. The van der Waals surface area contributed by atoms with Crippen molar-refractivity contribution >= 4 is 29.1 Å². The summed E-state index contributed by atoms with van der Waals surface area (Å²) in [6.07, 6.45) is 0. The maximum atomic E-state index is 13.1. The summed E-state index contributed by atoms with van der Waals surface area (Å²) >= 11 is 1.34. The number of carbonyl (C=O) groups excluding carboxylic acids is 2. The highest BCUT2D eigenvalue weighted by Crippen LogP contribution is 2.33. The van der Waals surface area contributed by atoms with Gasteiger partial charge in [0.25, 0.3) is 5.91 Å². The molecule has 1 aromatic heterocycles. The predicted octanol–water partition coefficient (Wildman–Crippen LogP) is 5.85. The van der Waals surface area contributed by atoms with Gasteiger partial charge in [0.15, 0.2) is 23.4 Å². The van der Waals surface area contributed by atoms with E-state index in [0.717, 1.165) is 22.6 Å². The van der Waals surface area contributed by atoms with Gasteiger partial charge in [0, 0.05) is 11.1 Å². The number of hydrogen-bond donors (Lipinski definition) is 1. The molecule has 0 aliphatic carbocycles. The Labute approximate surface area is 220 Å². The van der Waals surface area contributed by atoms with Crippen molar-refractivity contribution in [3.8, 4) is 22.8 Å². The Hall–Kier alpha value is -3.91. The van der Waals surface area contributed by atoms with Crippen LogP contribution in [0.2, 0.25) is 0 Å². The number of ether oxygens (including phenoxy) is 1. The number of fused-ring (bicyclic) bond motifs is 1. The minimum Gasteiger partial charge on any atom is -0.482 e. The van der Waals surface area contributed by atoms with Crippen molar-refractivity contribution in [3.63, 3.8) is 0 Å². The summed E-state index contributed by atoms with van der Waals surface area (Å²) in [6, 6.07) is 21.5. The van der Waals surface area contributed by atoms with Crippen molar-refractivity contribution < 1.29 is 14.3 Å². The standard InChI is InChI=1S/C29H28N4O3S/c1-18-7-5-6-8-23(18)33-27(19-9-12-21(13-10-19)29(2,3)4)31-32-28(33)37-17-24(34)20-11-14-25-22(15-20)30-26(35)16-36-25/h5-15H,16-17H2,1-4H3,(H,30,35). The molecule has 0 atom stereocenters. The van der Waals surface area contributed by atoms with E-state index in [0.29, 0.717) is 22.2 Å². The van der Waals surface area contributed by atoms with Gasteiger partial charge in [-0.2, -0.15) is 0 Å². The Morgan fingerprint density at radius 1 is 1.05 bits per heavy atom. The van der Waals surface area contributed by atoms with Gasteiger partial charge in [0.2, 0.25) is 0 Å². The maximum Gasteiger partial charge on any atom is 0.262 e. The summed E-state index contributed by atoms with van der Waals surface area (Å²) in [5.74, 6) is 1.13. The predicted molar refractivity (Wildman–Crippen MR) is 146 cm³/mol. The van der Waals surface area contributed by atoms with E-state index >= 15 is 0 Å². The van der Waals surface area contributed by atoms with Crippen LogP contribution in [0.3, 0.4) is 0 Å². The second-order valence-corrected chi connectivity index (χ2v) is 11.0. The van der Waals surface area contributed by atoms with Gasteiger partial charge in [0.05, 0.1) is 17.1 Å². The summed E-state index contributed by atoms with van der Waals surface area (Å²) in [5.41, 5.74) is 5.29. The van der Waals surface area contributed by atoms with Gasteiger partial charge in [-0.3, -0.25) is 14.2 Å². The van der Waals surface area contributed by atoms with E-state index in [2.05, 4.69) is 60.6 Å². The molecular formula is C29H28N4O3S. The Kier molecular flexibility index (Phi) is 6.60. The van der Waals surface area contributed by atoms with E-state index in [4.69, 9.17) is 4.74 Å². The quantitative estimate of drug-likeness (QED) is 0.258. The lowest BCUT2D eigenvalue weighted by Crippen LogP contribution is -2.25. The van der Waals surface area contributed by atoms with Gasteiger partial charge >= 0.3 is 0 Å². The zero-order valence-electron chi connectivity index (χ0n) is 21.2. The third-order valence-corrected chi connectivity index (χ3v) is 7.19. The van der Waals surface area contributed by atoms with Crippen LogP contribution < -0.4 is 10.1 Å². The number of aromatic nitrogens is 3. The molecule has 1 aliphatic rings. The summed E-state index contributed by atoms with van der Waals surface area (Å²) in [5, 5.41) is 12.4. The van der Waals surface area contributed by atoms with Crippen LogP contribution in [0, 0.1) is 6.92 Å². The Morgan fingerprint density at radius 3 is 2.54 bits per heavy atom. The number of para-hydroxylation sites is 1. The largest absolute Gasteiger partial charge is 0.482 e. The molecule has 4 aromatic rings. The van der Waals surface area contributed by atoms with E-state index in [1.807, 2.05) is 35.8 Å². The molecular weight excluding hydrogens is 484 g/mol. The molecule has 0 fully saturated rings. The molecule has 0 bridgehead atoms. The van der Waals surface area contributed by atoms with E-state index < -0.39 is 0 Å². The van der Waals surface area contributed by atoms with E-state index in [1.165, 1.54) is 17.3 Å². The first kappa shape index (κ1) is 24.8. The second-order valence-electron chi connectivity index (χ2n) is 10.0. The topological polar surface area (TPSA) is 86.1 Å². The average molecular weight is 513 g/mol. The van der Waals surface area contributed by atoms with Crippen molar-refractivity contribution in [2.45, 2.75) is 38.3 Å². The molecule has 0 saturated heterocycles. The van der Waals surface area contributed by atoms with Crippen LogP contribution in [0.25, 0.3) is 17.1 Å². The highest BCUT2D eigenvalue weighted by atomic mass is 32.2. The lowest BCUT2D eigenvalue weighted by atomic mass is 9.87. The van der Waals surface area contributed by atoms with Crippen LogP contribution in [0.5, 0.6) is 5.75 Å². The van der Waals surface area contributed by atoms with Gasteiger partial charge in [-0.05, 0) is 47.7 Å². The van der Waals surface area contributed by atoms with Gasteiger partial charge in [-0.1, -0.05) is 75.0 Å². The van der Waals surface area contributed by atoms with Crippen molar-refractivity contribution in [1.29, 1.82) is 0 Å². The first-order valence-electron chi connectivity index (χ1n) is 12.1. The molecule has 0 saturated carbocycles. The number of Topliss-reactive ketones (excluding diaryl/α,β-unsaturated/α-hetero) is 1. The molecule has 0 spiro atoms. The number of benzene rings is 3. The lowest BCUT2D eigenvalue weighted by molar-refractivity contribution is -0.118. The number of carbonyl (C=O) groups is 2. The number of nitrogens with one attached hydrogen (secondary N) is 1. The molecule has 0 unspecified atom stereocenters. The van der Waals surface area contributed by atoms with Gasteiger partial charge < -0.3 is 10.1 Å². The zero-order chi connectivity index (χ0) is 26.2. The Morgan fingerprint density at radius 2 is 1.81 bits per heavy atom. The van der Waals surface area contributed by atoms with Crippen LogP contribution in [0.4, 0.5) is 5.69 Å². The van der Waals surface area contributed by atoms with Crippen LogP contribution in [0.15, 0.2) is 71.9 Å². The number of anilines is 1. The molecule has 0 radical (unpaired) electrons. The van der Waals surface area contributed by atoms with Gasteiger partial charge in [-0.25, -0.2) is 0 Å². The normalized spacial score (nSPS) is 13.0. The van der Waals surface area contributed by atoms with Crippen molar-refractivity contribution in [2.24, 2.45) is 0 Å². The molecule has 188 valence electrons. The highest BCUT2D eigenvalue weighted by molar-refractivity contribution is 7.99. The molecule has 1 aliphatic heterocycles. The summed E-state index contributed by atoms with van der Waals surface area (Å²) in [7, 11) is 0. The first-order valence-corrected chi connectivity index (χ1v) is 13.0. The molecule has 8 heteroatoms. The Balaban J connectivity index is 1.45. The number of hydrogen-bond acceptors (Lipinski definition) is 6. The maximum absolute atomic E-state index is 13.1. The minimum atomic E-state index is -0.235.